The predicted molar refractivity (Wildman–Crippen MR) is 145 cm³/mol. The van der Waals surface area contributed by atoms with Crippen molar-refractivity contribution >= 4 is 46.0 Å². The first-order valence-electron chi connectivity index (χ1n) is 12.8. The molecule has 3 heterocycles. The summed E-state index contributed by atoms with van der Waals surface area (Å²) < 4.78 is 5.54. The van der Waals surface area contributed by atoms with E-state index in [0.29, 0.717) is 36.8 Å². The van der Waals surface area contributed by atoms with Crippen LogP contribution in [-0.4, -0.2) is 73.3 Å². The Hall–Kier alpha value is -3.85. The Morgan fingerprint density at radius 3 is 2.37 bits per heavy atom. The monoisotopic (exact) mass is 536 g/mol. The van der Waals surface area contributed by atoms with E-state index in [1.165, 1.54) is 12.1 Å². The molecular weight excluding hydrogens is 508 g/mol. The zero-order valence-corrected chi connectivity index (χ0v) is 21.7. The van der Waals surface area contributed by atoms with Gasteiger partial charge in [-0.25, -0.2) is 0 Å². The lowest BCUT2D eigenvalue weighted by atomic mass is 10.1. The molecule has 0 spiro atoms. The number of likely N-dealkylation sites (tertiary alicyclic amines) is 1. The van der Waals surface area contributed by atoms with Gasteiger partial charge in [0.25, 0.3) is 11.8 Å². The Labute approximate surface area is 224 Å². The first-order chi connectivity index (χ1) is 18.4. The van der Waals surface area contributed by atoms with E-state index in [9.17, 15) is 19.2 Å². The highest BCUT2D eigenvalue weighted by Gasteiger charge is 2.26. The van der Waals surface area contributed by atoms with Gasteiger partial charge in [-0.2, -0.15) is 0 Å². The van der Waals surface area contributed by atoms with Crippen molar-refractivity contribution in [3.63, 3.8) is 0 Å². The van der Waals surface area contributed by atoms with Gasteiger partial charge in [-0.1, -0.05) is 23.7 Å². The normalized spacial score (nSPS) is 16.0. The van der Waals surface area contributed by atoms with Crippen LogP contribution in [0.1, 0.15) is 40.2 Å². The van der Waals surface area contributed by atoms with Crippen molar-refractivity contribution in [1.82, 2.24) is 15.1 Å². The van der Waals surface area contributed by atoms with Crippen LogP contribution in [0.5, 0.6) is 0 Å². The average molecular weight is 537 g/mol. The number of amides is 3. The highest BCUT2D eigenvalue weighted by atomic mass is 35.5. The predicted octanol–water partition coefficient (Wildman–Crippen LogP) is 3.15. The van der Waals surface area contributed by atoms with Crippen LogP contribution in [0.3, 0.4) is 0 Å². The molecule has 0 radical (unpaired) electrons. The van der Waals surface area contributed by atoms with Crippen molar-refractivity contribution in [3.05, 3.63) is 75.1 Å². The zero-order valence-electron chi connectivity index (χ0n) is 21.0. The van der Waals surface area contributed by atoms with Crippen LogP contribution in [0, 0.1) is 0 Å². The quantitative estimate of drug-likeness (QED) is 0.537. The number of carbonyl (C=O) groups is 3. The van der Waals surface area contributed by atoms with E-state index in [0.717, 1.165) is 44.1 Å². The van der Waals surface area contributed by atoms with Gasteiger partial charge in [-0.15, -0.1) is 0 Å². The zero-order chi connectivity index (χ0) is 26.6. The first kappa shape index (κ1) is 25.8. The van der Waals surface area contributed by atoms with Crippen LogP contribution in [0.25, 0.3) is 11.0 Å². The van der Waals surface area contributed by atoms with E-state index in [1.54, 1.807) is 11.0 Å². The molecule has 198 valence electrons. The fourth-order valence-electron chi connectivity index (χ4n) is 4.99. The molecule has 0 bridgehead atoms. The minimum atomic E-state index is -0.643. The van der Waals surface area contributed by atoms with E-state index in [2.05, 4.69) is 10.2 Å². The molecule has 0 atom stereocenters. The number of nitrogens with one attached hydrogen (secondary N) is 1. The minimum Gasteiger partial charge on any atom is -0.451 e. The molecule has 9 nitrogen and oxygen atoms in total. The van der Waals surface area contributed by atoms with Gasteiger partial charge in [0.05, 0.1) is 17.5 Å². The maximum atomic E-state index is 13.2. The molecule has 0 saturated carbocycles. The number of carbonyl (C=O) groups excluding carboxylic acids is 3. The number of fused-ring (bicyclic) bond motifs is 1. The summed E-state index contributed by atoms with van der Waals surface area (Å²) in [6, 6.07) is 13.3. The fourth-order valence-corrected chi connectivity index (χ4v) is 5.16. The summed E-state index contributed by atoms with van der Waals surface area (Å²) in [6.07, 6.45) is 3.23. The topological polar surface area (TPSA) is 103 Å². The minimum absolute atomic E-state index is 0.0601. The molecule has 10 heteroatoms. The number of anilines is 1. The van der Waals surface area contributed by atoms with Crippen LogP contribution < -0.4 is 15.6 Å². The lowest BCUT2D eigenvalue weighted by Crippen LogP contribution is -2.51. The van der Waals surface area contributed by atoms with Crippen LogP contribution >= 0.6 is 11.6 Å². The van der Waals surface area contributed by atoms with Gasteiger partial charge in [0.2, 0.25) is 5.91 Å². The van der Waals surface area contributed by atoms with E-state index in [4.69, 9.17) is 16.0 Å². The van der Waals surface area contributed by atoms with Gasteiger partial charge in [0.15, 0.2) is 11.2 Å². The number of hydrogen-bond acceptors (Lipinski definition) is 6. The number of hydrogen-bond donors (Lipinski definition) is 1. The summed E-state index contributed by atoms with van der Waals surface area (Å²) in [5.74, 6) is -0.982. The molecule has 3 aromatic rings. The first-order valence-corrected chi connectivity index (χ1v) is 13.2. The second-order valence-electron chi connectivity index (χ2n) is 9.54. The Balaban J connectivity index is 1.17. The van der Waals surface area contributed by atoms with Crippen LogP contribution in [0.2, 0.25) is 5.02 Å². The molecular formula is C28H29ClN4O5. The second-order valence-corrected chi connectivity index (χ2v) is 9.97. The van der Waals surface area contributed by atoms with Gasteiger partial charge >= 0.3 is 0 Å². The van der Waals surface area contributed by atoms with Gasteiger partial charge in [-0.05, 0) is 49.6 Å². The number of piperazine rings is 1. The number of benzene rings is 2. The molecule has 2 fully saturated rings. The van der Waals surface area contributed by atoms with Gasteiger partial charge in [0.1, 0.15) is 5.58 Å². The second kappa shape index (κ2) is 11.3. The van der Waals surface area contributed by atoms with Crippen LogP contribution in [-0.2, 0) is 4.79 Å². The third-order valence-electron chi connectivity index (χ3n) is 7.06. The molecule has 2 aliphatic rings. The summed E-state index contributed by atoms with van der Waals surface area (Å²) in [5, 5.41) is 3.22. The van der Waals surface area contributed by atoms with Crippen LogP contribution in [0.4, 0.5) is 5.69 Å². The lowest BCUT2D eigenvalue weighted by molar-refractivity contribution is -0.130. The molecule has 3 amide bonds. The summed E-state index contributed by atoms with van der Waals surface area (Å²) in [5.41, 5.74) is 1.44. The van der Waals surface area contributed by atoms with Gasteiger partial charge < -0.3 is 24.4 Å². The Morgan fingerprint density at radius 1 is 0.868 bits per heavy atom. The SMILES string of the molecule is O=C(NCC(=O)N1CCN(c2ccccc2C(=O)N2CCCCC2)CC1)c1cc(=O)c2cc(Cl)ccc2o1. The van der Waals surface area contributed by atoms with Gasteiger partial charge in [-0.3, -0.25) is 19.2 Å². The third kappa shape index (κ3) is 5.52. The van der Waals surface area contributed by atoms with Crippen molar-refractivity contribution in [2.24, 2.45) is 0 Å². The lowest BCUT2D eigenvalue weighted by Gasteiger charge is -2.37. The van der Waals surface area contributed by atoms with Crippen molar-refractivity contribution in [1.29, 1.82) is 0 Å². The molecule has 1 aromatic heterocycles. The highest BCUT2D eigenvalue weighted by Crippen LogP contribution is 2.25. The summed E-state index contributed by atoms with van der Waals surface area (Å²) in [6.45, 7) is 3.44. The smallest absolute Gasteiger partial charge is 0.287 e. The Morgan fingerprint density at radius 2 is 1.61 bits per heavy atom. The third-order valence-corrected chi connectivity index (χ3v) is 7.30. The molecule has 2 aromatic carbocycles. The maximum Gasteiger partial charge on any atom is 0.287 e. The number of nitrogens with zero attached hydrogens (tertiary/aromatic N) is 3. The largest absolute Gasteiger partial charge is 0.451 e. The maximum absolute atomic E-state index is 13.2. The Kier molecular flexibility index (Phi) is 7.64. The molecule has 38 heavy (non-hydrogen) atoms. The molecule has 2 saturated heterocycles. The average Bonchev–Trinajstić information content (AvgIpc) is 2.96. The highest BCUT2D eigenvalue weighted by molar-refractivity contribution is 6.31. The molecule has 0 unspecified atom stereocenters. The van der Waals surface area contributed by atoms with Crippen molar-refractivity contribution in [2.45, 2.75) is 19.3 Å². The van der Waals surface area contributed by atoms with E-state index >= 15 is 0 Å². The number of halogens is 1. The molecule has 1 N–H and O–H groups in total. The molecule has 2 aliphatic heterocycles. The standard InChI is InChI=1S/C28H29ClN4O5/c29-19-8-9-24-21(16-19)23(34)17-25(38-24)27(36)30-18-26(35)32-14-12-31(13-15-32)22-7-3-2-6-20(22)28(37)33-10-4-1-5-11-33/h2-3,6-9,16-17H,1,4-5,10-15,18H2,(H,30,36). The van der Waals surface area contributed by atoms with Crippen molar-refractivity contribution in [2.75, 3.05) is 50.7 Å². The summed E-state index contributed by atoms with van der Waals surface area (Å²) in [4.78, 5) is 56.6. The molecule has 0 aliphatic carbocycles. The van der Waals surface area contributed by atoms with Crippen molar-refractivity contribution < 1.29 is 18.8 Å². The number of para-hydroxylation sites is 1. The summed E-state index contributed by atoms with van der Waals surface area (Å²) >= 11 is 5.93. The van der Waals surface area contributed by atoms with E-state index in [1.807, 2.05) is 29.2 Å². The van der Waals surface area contributed by atoms with Gasteiger partial charge in [0, 0.05) is 56.0 Å². The summed E-state index contributed by atoms with van der Waals surface area (Å²) in [7, 11) is 0. The number of rotatable bonds is 5. The van der Waals surface area contributed by atoms with E-state index in [-0.39, 0.29) is 40.5 Å². The van der Waals surface area contributed by atoms with E-state index < -0.39 is 5.91 Å². The van der Waals surface area contributed by atoms with Crippen molar-refractivity contribution in [3.8, 4) is 0 Å². The Bertz CT molecular complexity index is 1420. The number of piperidine rings is 1. The fraction of sp³-hybridized carbons (Fsp3) is 0.357. The van der Waals surface area contributed by atoms with Crippen LogP contribution in [0.15, 0.2) is 57.7 Å². The molecule has 5 rings (SSSR count).